The average Bonchev–Trinajstić information content (AvgIpc) is 2.51. The molecule has 22 heavy (non-hydrogen) atoms. The van der Waals surface area contributed by atoms with Crippen molar-refractivity contribution < 1.29 is 19.4 Å². The summed E-state index contributed by atoms with van der Waals surface area (Å²) in [7, 11) is 0. The molecule has 1 N–H and O–H groups in total. The van der Waals surface area contributed by atoms with Crippen molar-refractivity contribution in [3.05, 3.63) is 59.7 Å². The zero-order valence-electron chi connectivity index (χ0n) is 12.8. The number of hydrogen-bond donors (Lipinski definition) is 1. The third-order valence-corrected chi connectivity index (χ3v) is 3.23. The van der Waals surface area contributed by atoms with Crippen LogP contribution in [0.1, 0.15) is 18.1 Å². The van der Waals surface area contributed by atoms with E-state index in [1.807, 2.05) is 50.2 Å². The molecule has 0 aliphatic heterocycles. The maximum Gasteiger partial charge on any atom is 0.345 e. The fourth-order valence-electron chi connectivity index (χ4n) is 2.06. The Morgan fingerprint density at radius 2 is 1.64 bits per heavy atom. The average molecular weight is 300 g/mol. The van der Waals surface area contributed by atoms with Crippen LogP contribution in [0.4, 0.5) is 0 Å². The van der Waals surface area contributed by atoms with E-state index in [4.69, 9.17) is 9.47 Å². The van der Waals surface area contributed by atoms with E-state index in [1.165, 1.54) is 0 Å². The molecule has 0 heterocycles. The van der Waals surface area contributed by atoms with Crippen LogP contribution in [0.2, 0.25) is 0 Å². The molecule has 0 aromatic heterocycles. The van der Waals surface area contributed by atoms with Crippen LogP contribution in [-0.4, -0.2) is 23.8 Å². The van der Waals surface area contributed by atoms with Crippen molar-refractivity contribution in [2.45, 2.75) is 26.4 Å². The first kappa shape index (κ1) is 15.9. The molecule has 4 heteroatoms. The monoisotopic (exact) mass is 300 g/mol. The molecule has 0 bridgehead atoms. The molecule has 0 radical (unpaired) electrons. The highest BCUT2D eigenvalue weighted by Gasteiger charge is 2.20. The normalized spacial score (nSPS) is 11.7. The number of aliphatic carboxylic acids is 1. The summed E-state index contributed by atoms with van der Waals surface area (Å²) in [5.74, 6) is 0.357. The van der Waals surface area contributed by atoms with E-state index in [-0.39, 0.29) is 0 Å². The van der Waals surface area contributed by atoms with Crippen molar-refractivity contribution in [2.24, 2.45) is 0 Å². The quantitative estimate of drug-likeness (QED) is 0.850. The smallest absolute Gasteiger partial charge is 0.345 e. The van der Waals surface area contributed by atoms with Gasteiger partial charge in [0.15, 0.2) is 6.10 Å². The topological polar surface area (TPSA) is 55.8 Å². The lowest BCUT2D eigenvalue weighted by Crippen LogP contribution is -2.29. The maximum absolute atomic E-state index is 11.4. The third-order valence-electron chi connectivity index (χ3n) is 3.23. The molecule has 0 aliphatic carbocycles. The van der Waals surface area contributed by atoms with E-state index in [9.17, 15) is 9.90 Å². The third kappa shape index (κ3) is 4.52. The summed E-state index contributed by atoms with van der Waals surface area (Å²) in [4.78, 5) is 11.4. The van der Waals surface area contributed by atoms with Crippen LogP contribution in [-0.2, 0) is 11.2 Å². The molecule has 116 valence electrons. The van der Waals surface area contributed by atoms with E-state index in [0.717, 1.165) is 16.9 Å². The van der Waals surface area contributed by atoms with Gasteiger partial charge in [0.05, 0.1) is 6.61 Å². The van der Waals surface area contributed by atoms with Crippen molar-refractivity contribution in [3.63, 3.8) is 0 Å². The molecule has 0 saturated heterocycles. The van der Waals surface area contributed by atoms with Crippen LogP contribution < -0.4 is 9.47 Å². The van der Waals surface area contributed by atoms with Gasteiger partial charge in [0, 0.05) is 6.42 Å². The summed E-state index contributed by atoms with van der Waals surface area (Å²) >= 11 is 0. The van der Waals surface area contributed by atoms with Gasteiger partial charge >= 0.3 is 5.97 Å². The number of hydrogen-bond acceptors (Lipinski definition) is 3. The fourth-order valence-corrected chi connectivity index (χ4v) is 2.06. The number of carboxylic acid groups (broad SMARTS) is 1. The molecule has 0 saturated carbocycles. The molecule has 4 nitrogen and oxygen atoms in total. The highest BCUT2D eigenvalue weighted by Crippen LogP contribution is 2.18. The van der Waals surface area contributed by atoms with E-state index >= 15 is 0 Å². The van der Waals surface area contributed by atoms with Crippen molar-refractivity contribution >= 4 is 5.97 Å². The van der Waals surface area contributed by atoms with Gasteiger partial charge in [-0.25, -0.2) is 4.79 Å². The first-order valence-electron chi connectivity index (χ1n) is 7.26. The number of carboxylic acids is 1. The molecule has 2 aromatic rings. The number of ether oxygens (including phenoxy) is 2. The minimum absolute atomic E-state index is 0.301. The number of aryl methyl sites for hydroxylation is 1. The number of carbonyl (C=O) groups is 1. The van der Waals surface area contributed by atoms with E-state index < -0.39 is 12.1 Å². The Bertz CT molecular complexity index is 602. The minimum Gasteiger partial charge on any atom is -0.494 e. The van der Waals surface area contributed by atoms with Crippen LogP contribution in [0.25, 0.3) is 0 Å². The van der Waals surface area contributed by atoms with Crippen LogP contribution in [0.3, 0.4) is 0 Å². The largest absolute Gasteiger partial charge is 0.494 e. The second-order valence-electron chi connectivity index (χ2n) is 5.04. The molecule has 2 rings (SSSR count). The van der Waals surface area contributed by atoms with Crippen molar-refractivity contribution in [3.8, 4) is 11.5 Å². The second-order valence-corrected chi connectivity index (χ2v) is 5.04. The summed E-state index contributed by atoms with van der Waals surface area (Å²) in [6.07, 6.45) is -0.615. The van der Waals surface area contributed by atoms with E-state index in [1.54, 1.807) is 12.1 Å². The van der Waals surface area contributed by atoms with Crippen molar-refractivity contribution in [1.29, 1.82) is 0 Å². The van der Waals surface area contributed by atoms with Gasteiger partial charge in [0.25, 0.3) is 0 Å². The van der Waals surface area contributed by atoms with Crippen LogP contribution in [0, 0.1) is 6.92 Å². The fraction of sp³-hybridized carbons (Fsp3) is 0.278. The molecule has 0 spiro atoms. The summed E-state index contributed by atoms with van der Waals surface area (Å²) in [6, 6.07) is 14.7. The molecule has 0 amide bonds. The zero-order chi connectivity index (χ0) is 15.9. The van der Waals surface area contributed by atoms with Gasteiger partial charge in [-0.3, -0.25) is 0 Å². The van der Waals surface area contributed by atoms with Gasteiger partial charge in [0.2, 0.25) is 0 Å². The SMILES string of the molecule is CCOc1ccc(CC(Oc2ccc(C)cc2)C(=O)O)cc1. The Morgan fingerprint density at radius 1 is 1.05 bits per heavy atom. The summed E-state index contributed by atoms with van der Waals surface area (Å²) in [5.41, 5.74) is 1.99. The summed E-state index contributed by atoms with van der Waals surface area (Å²) < 4.78 is 11.0. The number of rotatable bonds is 7. The standard InChI is InChI=1S/C18H20O4/c1-3-21-15-10-6-14(7-11-15)12-17(18(19)20)22-16-8-4-13(2)5-9-16/h4-11,17H,3,12H2,1-2H3,(H,19,20). The summed E-state index contributed by atoms with van der Waals surface area (Å²) in [5, 5.41) is 9.34. The predicted octanol–water partition coefficient (Wildman–Crippen LogP) is 3.47. The van der Waals surface area contributed by atoms with Gasteiger partial charge in [-0.2, -0.15) is 0 Å². The van der Waals surface area contributed by atoms with Gasteiger partial charge in [-0.05, 0) is 43.7 Å². The van der Waals surface area contributed by atoms with Crippen molar-refractivity contribution in [2.75, 3.05) is 6.61 Å². The van der Waals surface area contributed by atoms with Gasteiger partial charge in [-0.1, -0.05) is 29.8 Å². The van der Waals surface area contributed by atoms with Crippen molar-refractivity contribution in [1.82, 2.24) is 0 Å². The summed E-state index contributed by atoms with van der Waals surface area (Å²) in [6.45, 7) is 4.50. The minimum atomic E-state index is -0.977. The molecule has 1 unspecified atom stereocenters. The molecule has 1 atom stereocenters. The van der Waals surface area contributed by atoms with Gasteiger partial charge in [0.1, 0.15) is 11.5 Å². The molecular formula is C18H20O4. The Labute approximate surface area is 130 Å². The molecular weight excluding hydrogens is 280 g/mol. The van der Waals surface area contributed by atoms with E-state index in [2.05, 4.69) is 0 Å². The first-order chi connectivity index (χ1) is 10.6. The Morgan fingerprint density at radius 3 is 2.18 bits per heavy atom. The predicted molar refractivity (Wildman–Crippen MR) is 84.5 cm³/mol. The molecule has 2 aromatic carbocycles. The maximum atomic E-state index is 11.4. The van der Waals surface area contributed by atoms with Gasteiger partial charge in [-0.15, -0.1) is 0 Å². The Hall–Kier alpha value is -2.49. The second kappa shape index (κ2) is 7.50. The lowest BCUT2D eigenvalue weighted by atomic mass is 10.1. The van der Waals surface area contributed by atoms with Gasteiger partial charge < -0.3 is 14.6 Å². The first-order valence-corrected chi connectivity index (χ1v) is 7.26. The lowest BCUT2D eigenvalue weighted by Gasteiger charge is -2.15. The zero-order valence-corrected chi connectivity index (χ0v) is 12.8. The van der Waals surface area contributed by atoms with Crippen LogP contribution in [0.15, 0.2) is 48.5 Å². The number of benzene rings is 2. The lowest BCUT2D eigenvalue weighted by molar-refractivity contribution is -0.145. The highest BCUT2D eigenvalue weighted by molar-refractivity contribution is 5.73. The molecule has 0 aliphatic rings. The van der Waals surface area contributed by atoms with E-state index in [0.29, 0.717) is 18.8 Å². The Kier molecular flexibility index (Phi) is 5.42. The Balaban J connectivity index is 2.05. The molecule has 0 fully saturated rings. The van der Waals surface area contributed by atoms with Crippen LogP contribution >= 0.6 is 0 Å². The highest BCUT2D eigenvalue weighted by atomic mass is 16.5. The van der Waals surface area contributed by atoms with Crippen LogP contribution in [0.5, 0.6) is 11.5 Å².